The van der Waals surface area contributed by atoms with Crippen molar-refractivity contribution >= 4 is 0 Å². The molecule has 0 radical (unpaired) electrons. The van der Waals surface area contributed by atoms with E-state index >= 15 is 0 Å². The van der Waals surface area contributed by atoms with Crippen LogP contribution in [0, 0.1) is 5.92 Å². The predicted octanol–water partition coefficient (Wildman–Crippen LogP) is 2.63. The molecule has 0 heterocycles. The van der Waals surface area contributed by atoms with Crippen LogP contribution in [0.15, 0.2) is 0 Å². The smallest absolute Gasteiger partial charge is 0.0167 e. The first-order chi connectivity index (χ1) is 7.26. The van der Waals surface area contributed by atoms with Crippen LogP contribution in [-0.2, 0) is 0 Å². The molecule has 0 aromatic rings. The predicted molar refractivity (Wildman–Crippen MR) is 67.0 cm³/mol. The van der Waals surface area contributed by atoms with E-state index in [2.05, 4.69) is 18.7 Å². The summed E-state index contributed by atoms with van der Waals surface area (Å²) in [5.41, 5.74) is 6.13. The third-order valence-electron chi connectivity index (χ3n) is 3.61. The summed E-state index contributed by atoms with van der Waals surface area (Å²) in [4.78, 5) is 2.55. The molecule has 2 nitrogen and oxygen atoms in total. The Kier molecular flexibility index (Phi) is 6.26. The standard InChI is InChI=1S/C13H28N2/c1-3-5-9-13(14)11-15(4-2)10-12-7-6-8-12/h12-13H,3-11,14H2,1-2H3. The number of rotatable bonds is 8. The SMILES string of the molecule is CCCCC(N)CN(CC)CC1CCC1. The summed E-state index contributed by atoms with van der Waals surface area (Å²) in [6.45, 7) is 8.05. The van der Waals surface area contributed by atoms with Gasteiger partial charge in [-0.3, -0.25) is 0 Å². The molecular weight excluding hydrogens is 184 g/mol. The first-order valence-electron chi connectivity index (χ1n) is 6.74. The minimum absolute atomic E-state index is 0.393. The van der Waals surface area contributed by atoms with Gasteiger partial charge >= 0.3 is 0 Å². The molecule has 0 bridgehead atoms. The lowest BCUT2D eigenvalue weighted by molar-refractivity contribution is 0.174. The van der Waals surface area contributed by atoms with Gasteiger partial charge in [0.1, 0.15) is 0 Å². The highest BCUT2D eigenvalue weighted by atomic mass is 15.1. The molecule has 0 aromatic carbocycles. The number of likely N-dealkylation sites (N-methyl/N-ethyl adjacent to an activating group) is 1. The van der Waals surface area contributed by atoms with Crippen LogP contribution in [0.1, 0.15) is 52.4 Å². The van der Waals surface area contributed by atoms with Gasteiger partial charge in [-0.05, 0) is 31.7 Å². The molecule has 0 saturated heterocycles. The van der Waals surface area contributed by atoms with Crippen molar-refractivity contribution in [3.8, 4) is 0 Å². The second-order valence-electron chi connectivity index (χ2n) is 5.05. The molecule has 1 aliphatic carbocycles. The van der Waals surface area contributed by atoms with E-state index in [0.29, 0.717) is 6.04 Å². The molecule has 1 aliphatic rings. The maximum Gasteiger partial charge on any atom is 0.0167 e. The van der Waals surface area contributed by atoms with Gasteiger partial charge in [0.2, 0.25) is 0 Å². The summed E-state index contributed by atoms with van der Waals surface area (Å²) >= 11 is 0. The van der Waals surface area contributed by atoms with E-state index in [-0.39, 0.29) is 0 Å². The lowest BCUT2D eigenvalue weighted by Gasteiger charge is -2.33. The van der Waals surface area contributed by atoms with Crippen molar-refractivity contribution in [3.63, 3.8) is 0 Å². The Morgan fingerprint density at radius 2 is 2.07 bits per heavy atom. The molecule has 1 rings (SSSR count). The van der Waals surface area contributed by atoms with Gasteiger partial charge in [0, 0.05) is 19.1 Å². The third-order valence-corrected chi connectivity index (χ3v) is 3.61. The van der Waals surface area contributed by atoms with Crippen molar-refractivity contribution in [3.05, 3.63) is 0 Å². The molecule has 15 heavy (non-hydrogen) atoms. The average Bonchev–Trinajstić information content (AvgIpc) is 2.18. The average molecular weight is 212 g/mol. The maximum atomic E-state index is 6.13. The summed E-state index contributed by atoms with van der Waals surface area (Å²) in [6, 6.07) is 0.393. The third kappa shape index (κ3) is 4.98. The molecular formula is C13H28N2. The minimum atomic E-state index is 0.393. The molecule has 1 atom stereocenters. The molecule has 1 fully saturated rings. The highest BCUT2D eigenvalue weighted by Crippen LogP contribution is 2.27. The van der Waals surface area contributed by atoms with Crippen molar-refractivity contribution in [1.82, 2.24) is 4.90 Å². The van der Waals surface area contributed by atoms with E-state index in [4.69, 9.17) is 5.73 Å². The van der Waals surface area contributed by atoms with Gasteiger partial charge < -0.3 is 10.6 Å². The summed E-state index contributed by atoms with van der Waals surface area (Å²) in [7, 11) is 0. The number of nitrogens with zero attached hydrogens (tertiary/aromatic N) is 1. The number of hydrogen-bond acceptors (Lipinski definition) is 2. The Balaban J connectivity index is 2.13. The van der Waals surface area contributed by atoms with Gasteiger partial charge in [-0.25, -0.2) is 0 Å². The number of hydrogen-bond donors (Lipinski definition) is 1. The van der Waals surface area contributed by atoms with Crippen LogP contribution in [0.3, 0.4) is 0 Å². The fraction of sp³-hybridized carbons (Fsp3) is 1.00. The Morgan fingerprint density at radius 1 is 1.33 bits per heavy atom. The van der Waals surface area contributed by atoms with Crippen molar-refractivity contribution < 1.29 is 0 Å². The maximum absolute atomic E-state index is 6.13. The van der Waals surface area contributed by atoms with Gasteiger partial charge in [-0.2, -0.15) is 0 Å². The summed E-state index contributed by atoms with van der Waals surface area (Å²) in [5.74, 6) is 0.975. The molecule has 0 aliphatic heterocycles. The Bertz CT molecular complexity index is 155. The van der Waals surface area contributed by atoms with Crippen molar-refractivity contribution in [2.45, 2.75) is 58.4 Å². The van der Waals surface area contributed by atoms with Crippen molar-refractivity contribution in [2.24, 2.45) is 11.7 Å². The van der Waals surface area contributed by atoms with Gasteiger partial charge in [-0.15, -0.1) is 0 Å². The zero-order chi connectivity index (χ0) is 11.1. The molecule has 2 N–H and O–H groups in total. The lowest BCUT2D eigenvalue weighted by Crippen LogP contribution is -2.41. The van der Waals surface area contributed by atoms with Gasteiger partial charge in [0.15, 0.2) is 0 Å². The quantitative estimate of drug-likeness (QED) is 0.670. The summed E-state index contributed by atoms with van der Waals surface area (Å²) in [6.07, 6.45) is 8.08. The first kappa shape index (κ1) is 13.0. The molecule has 2 heteroatoms. The Morgan fingerprint density at radius 3 is 2.53 bits per heavy atom. The fourth-order valence-electron chi connectivity index (χ4n) is 2.26. The summed E-state index contributed by atoms with van der Waals surface area (Å²) < 4.78 is 0. The fourth-order valence-corrected chi connectivity index (χ4v) is 2.26. The molecule has 0 amide bonds. The zero-order valence-corrected chi connectivity index (χ0v) is 10.5. The molecule has 0 spiro atoms. The highest BCUT2D eigenvalue weighted by Gasteiger charge is 2.20. The van der Waals surface area contributed by atoms with Crippen LogP contribution in [0.25, 0.3) is 0 Å². The number of unbranched alkanes of at least 4 members (excludes halogenated alkanes) is 1. The Hall–Kier alpha value is -0.0800. The van der Waals surface area contributed by atoms with Crippen LogP contribution < -0.4 is 5.73 Å². The van der Waals surface area contributed by atoms with Crippen LogP contribution in [0.5, 0.6) is 0 Å². The monoisotopic (exact) mass is 212 g/mol. The first-order valence-corrected chi connectivity index (χ1v) is 6.74. The van der Waals surface area contributed by atoms with Crippen molar-refractivity contribution in [2.75, 3.05) is 19.6 Å². The second-order valence-corrected chi connectivity index (χ2v) is 5.05. The molecule has 0 aromatic heterocycles. The molecule has 1 unspecified atom stereocenters. The number of nitrogens with two attached hydrogens (primary N) is 1. The molecule has 1 saturated carbocycles. The van der Waals surface area contributed by atoms with Gasteiger partial charge in [0.05, 0.1) is 0 Å². The van der Waals surface area contributed by atoms with E-state index in [1.165, 1.54) is 45.1 Å². The van der Waals surface area contributed by atoms with Gasteiger partial charge in [-0.1, -0.05) is 33.1 Å². The zero-order valence-electron chi connectivity index (χ0n) is 10.5. The van der Waals surface area contributed by atoms with Crippen LogP contribution >= 0.6 is 0 Å². The van der Waals surface area contributed by atoms with Crippen molar-refractivity contribution in [1.29, 1.82) is 0 Å². The van der Waals surface area contributed by atoms with Crippen LogP contribution in [0.2, 0.25) is 0 Å². The van der Waals surface area contributed by atoms with E-state index in [0.717, 1.165) is 19.0 Å². The van der Waals surface area contributed by atoms with E-state index < -0.39 is 0 Å². The second kappa shape index (κ2) is 7.24. The Labute approximate surface area is 95.2 Å². The van der Waals surface area contributed by atoms with Crippen LogP contribution in [-0.4, -0.2) is 30.6 Å². The van der Waals surface area contributed by atoms with E-state index in [9.17, 15) is 0 Å². The van der Waals surface area contributed by atoms with E-state index in [1.807, 2.05) is 0 Å². The van der Waals surface area contributed by atoms with E-state index in [1.54, 1.807) is 0 Å². The van der Waals surface area contributed by atoms with Gasteiger partial charge in [0.25, 0.3) is 0 Å². The largest absolute Gasteiger partial charge is 0.327 e. The molecule has 90 valence electrons. The minimum Gasteiger partial charge on any atom is -0.327 e. The van der Waals surface area contributed by atoms with Crippen LogP contribution in [0.4, 0.5) is 0 Å². The highest BCUT2D eigenvalue weighted by molar-refractivity contribution is 4.75. The lowest BCUT2D eigenvalue weighted by atomic mass is 9.85. The summed E-state index contributed by atoms with van der Waals surface area (Å²) in [5, 5.41) is 0. The topological polar surface area (TPSA) is 29.3 Å². The normalized spacial score (nSPS) is 19.2.